The molecular formula is C13H19ClN2O. The summed E-state index contributed by atoms with van der Waals surface area (Å²) in [7, 11) is 0. The van der Waals surface area contributed by atoms with Crippen LogP contribution in [0, 0.1) is 0 Å². The van der Waals surface area contributed by atoms with Gasteiger partial charge in [0, 0.05) is 37.7 Å². The van der Waals surface area contributed by atoms with Crippen molar-refractivity contribution < 1.29 is 5.11 Å². The monoisotopic (exact) mass is 254 g/mol. The van der Waals surface area contributed by atoms with Crippen LogP contribution in [-0.2, 0) is 0 Å². The van der Waals surface area contributed by atoms with Crippen molar-refractivity contribution in [3.63, 3.8) is 0 Å². The van der Waals surface area contributed by atoms with Gasteiger partial charge >= 0.3 is 0 Å². The maximum absolute atomic E-state index is 10.1. The van der Waals surface area contributed by atoms with Crippen LogP contribution in [0.5, 0.6) is 0 Å². The van der Waals surface area contributed by atoms with Crippen LogP contribution in [0.15, 0.2) is 24.3 Å². The third kappa shape index (κ3) is 3.68. The summed E-state index contributed by atoms with van der Waals surface area (Å²) in [6, 6.07) is 7.51. The van der Waals surface area contributed by atoms with Crippen LogP contribution in [0.4, 0.5) is 0 Å². The van der Waals surface area contributed by atoms with Crippen LogP contribution in [0.25, 0.3) is 0 Å². The zero-order valence-electron chi connectivity index (χ0n) is 9.90. The minimum absolute atomic E-state index is 0.460. The molecule has 94 valence electrons. The molecule has 0 amide bonds. The lowest BCUT2D eigenvalue weighted by Crippen LogP contribution is -2.44. The maximum atomic E-state index is 10.1. The van der Waals surface area contributed by atoms with Gasteiger partial charge in [0.05, 0.1) is 6.10 Å². The first kappa shape index (κ1) is 12.8. The van der Waals surface area contributed by atoms with Crippen LogP contribution < -0.4 is 5.32 Å². The van der Waals surface area contributed by atoms with Crippen molar-refractivity contribution in [3.05, 3.63) is 34.9 Å². The van der Waals surface area contributed by atoms with E-state index in [1.807, 2.05) is 24.3 Å². The van der Waals surface area contributed by atoms with Gasteiger partial charge in [-0.05, 0) is 18.1 Å². The number of benzene rings is 1. The highest BCUT2D eigenvalue weighted by molar-refractivity contribution is 6.31. The van der Waals surface area contributed by atoms with Gasteiger partial charge in [-0.15, -0.1) is 0 Å². The van der Waals surface area contributed by atoms with Gasteiger partial charge in [0.1, 0.15) is 0 Å². The fraction of sp³-hybridized carbons (Fsp3) is 0.538. The van der Waals surface area contributed by atoms with Crippen LogP contribution in [-0.4, -0.2) is 42.7 Å². The van der Waals surface area contributed by atoms with E-state index in [1.165, 1.54) is 0 Å². The zero-order valence-corrected chi connectivity index (χ0v) is 10.7. The van der Waals surface area contributed by atoms with E-state index >= 15 is 0 Å². The molecule has 0 spiro atoms. The molecule has 0 bridgehead atoms. The first-order valence-corrected chi connectivity index (χ1v) is 6.51. The molecule has 1 heterocycles. The average molecular weight is 255 g/mol. The lowest BCUT2D eigenvalue weighted by atomic mass is 10.1. The minimum Gasteiger partial charge on any atom is -0.388 e. The second-order valence-corrected chi connectivity index (χ2v) is 4.82. The van der Waals surface area contributed by atoms with E-state index in [0.29, 0.717) is 5.02 Å². The maximum Gasteiger partial charge on any atom is 0.0816 e. The quantitative estimate of drug-likeness (QED) is 0.858. The van der Waals surface area contributed by atoms with Crippen molar-refractivity contribution in [1.82, 2.24) is 10.2 Å². The second-order valence-electron chi connectivity index (χ2n) is 4.42. The summed E-state index contributed by atoms with van der Waals surface area (Å²) < 4.78 is 0. The van der Waals surface area contributed by atoms with E-state index in [9.17, 15) is 5.11 Å². The van der Waals surface area contributed by atoms with E-state index in [2.05, 4.69) is 10.2 Å². The molecule has 1 fully saturated rings. The van der Waals surface area contributed by atoms with Crippen molar-refractivity contribution >= 4 is 11.6 Å². The highest BCUT2D eigenvalue weighted by Crippen LogP contribution is 2.24. The Kier molecular flexibility index (Phi) is 4.80. The molecule has 1 unspecified atom stereocenters. The number of nitrogens with zero attached hydrogens (tertiary/aromatic N) is 1. The van der Waals surface area contributed by atoms with Crippen molar-refractivity contribution in [2.45, 2.75) is 12.5 Å². The first-order valence-electron chi connectivity index (χ1n) is 6.13. The van der Waals surface area contributed by atoms with Crippen LogP contribution >= 0.6 is 11.6 Å². The summed E-state index contributed by atoms with van der Waals surface area (Å²) in [4.78, 5) is 2.37. The molecular weight excluding hydrogens is 236 g/mol. The Balaban J connectivity index is 1.84. The molecule has 0 radical (unpaired) electrons. The molecule has 0 saturated carbocycles. The lowest BCUT2D eigenvalue weighted by molar-refractivity contribution is 0.137. The van der Waals surface area contributed by atoms with Crippen molar-refractivity contribution in [2.24, 2.45) is 0 Å². The van der Waals surface area contributed by atoms with Gasteiger partial charge < -0.3 is 15.3 Å². The minimum atomic E-state index is -0.460. The summed E-state index contributed by atoms with van der Waals surface area (Å²) in [5.74, 6) is 0. The number of rotatable bonds is 4. The first-order chi connectivity index (χ1) is 8.27. The van der Waals surface area contributed by atoms with Gasteiger partial charge in [-0.2, -0.15) is 0 Å². The van der Waals surface area contributed by atoms with E-state index < -0.39 is 6.10 Å². The SMILES string of the molecule is OC(CCN1CCNCC1)c1ccccc1Cl. The Morgan fingerprint density at radius 1 is 1.29 bits per heavy atom. The number of aliphatic hydroxyl groups is 1. The van der Waals surface area contributed by atoms with E-state index in [1.54, 1.807) is 0 Å². The molecule has 17 heavy (non-hydrogen) atoms. The molecule has 0 aliphatic carbocycles. The number of hydrogen-bond acceptors (Lipinski definition) is 3. The van der Waals surface area contributed by atoms with Crippen LogP contribution in [0.1, 0.15) is 18.1 Å². The lowest BCUT2D eigenvalue weighted by Gasteiger charge is -2.28. The van der Waals surface area contributed by atoms with Crippen molar-refractivity contribution in [1.29, 1.82) is 0 Å². The van der Waals surface area contributed by atoms with E-state index in [4.69, 9.17) is 11.6 Å². The largest absolute Gasteiger partial charge is 0.388 e. The predicted octanol–water partition coefficient (Wildman–Crippen LogP) is 1.67. The summed E-state index contributed by atoms with van der Waals surface area (Å²) in [6.07, 6.45) is 0.280. The number of piperazine rings is 1. The average Bonchev–Trinajstić information content (AvgIpc) is 2.38. The van der Waals surface area contributed by atoms with Crippen molar-refractivity contribution in [2.75, 3.05) is 32.7 Å². The standard InChI is InChI=1S/C13H19ClN2O/c14-12-4-2-1-3-11(12)13(17)5-8-16-9-6-15-7-10-16/h1-4,13,15,17H,5-10H2. The topological polar surface area (TPSA) is 35.5 Å². The Morgan fingerprint density at radius 3 is 2.71 bits per heavy atom. The Hall–Kier alpha value is -0.610. The van der Waals surface area contributed by atoms with Gasteiger partial charge in [-0.1, -0.05) is 29.8 Å². The van der Waals surface area contributed by atoms with Gasteiger partial charge in [0.25, 0.3) is 0 Å². The van der Waals surface area contributed by atoms with Crippen LogP contribution in [0.2, 0.25) is 5.02 Å². The van der Waals surface area contributed by atoms with Gasteiger partial charge in [0.15, 0.2) is 0 Å². The van der Waals surface area contributed by atoms with Gasteiger partial charge in [-0.25, -0.2) is 0 Å². The molecule has 1 saturated heterocycles. The highest BCUT2D eigenvalue weighted by atomic mass is 35.5. The fourth-order valence-corrected chi connectivity index (χ4v) is 2.40. The summed E-state index contributed by atoms with van der Waals surface area (Å²) in [6.45, 7) is 5.14. The van der Waals surface area contributed by atoms with E-state index in [-0.39, 0.29) is 0 Å². The Morgan fingerprint density at radius 2 is 2.00 bits per heavy atom. The molecule has 1 aliphatic heterocycles. The molecule has 0 aromatic heterocycles. The number of hydrogen-bond donors (Lipinski definition) is 2. The van der Waals surface area contributed by atoms with Gasteiger partial charge in [0.2, 0.25) is 0 Å². The Bertz CT molecular complexity index is 353. The van der Waals surface area contributed by atoms with Gasteiger partial charge in [-0.3, -0.25) is 0 Å². The number of nitrogens with one attached hydrogen (secondary N) is 1. The third-order valence-electron chi connectivity index (χ3n) is 3.19. The normalized spacial score (nSPS) is 19.2. The van der Waals surface area contributed by atoms with Crippen molar-refractivity contribution in [3.8, 4) is 0 Å². The molecule has 2 N–H and O–H groups in total. The smallest absolute Gasteiger partial charge is 0.0816 e. The number of aliphatic hydroxyl groups excluding tert-OH is 1. The summed E-state index contributed by atoms with van der Waals surface area (Å²) in [5.41, 5.74) is 0.837. The van der Waals surface area contributed by atoms with Crippen LogP contribution in [0.3, 0.4) is 0 Å². The zero-order chi connectivity index (χ0) is 12.1. The molecule has 1 atom stereocenters. The fourth-order valence-electron chi connectivity index (χ4n) is 2.14. The molecule has 2 rings (SSSR count). The molecule has 3 nitrogen and oxygen atoms in total. The molecule has 1 aliphatic rings. The third-order valence-corrected chi connectivity index (χ3v) is 3.54. The highest BCUT2D eigenvalue weighted by Gasteiger charge is 2.14. The Labute approximate surface area is 107 Å². The molecule has 1 aromatic carbocycles. The molecule has 1 aromatic rings. The summed E-state index contributed by atoms with van der Waals surface area (Å²) in [5, 5.41) is 14.1. The predicted molar refractivity (Wildman–Crippen MR) is 70.3 cm³/mol. The van der Waals surface area contributed by atoms with E-state index in [0.717, 1.165) is 44.7 Å². The number of halogens is 1. The second kappa shape index (κ2) is 6.36. The molecule has 4 heteroatoms. The summed E-state index contributed by atoms with van der Waals surface area (Å²) >= 11 is 6.06.